The van der Waals surface area contributed by atoms with Crippen molar-refractivity contribution in [1.82, 2.24) is 4.90 Å². The molecule has 0 N–H and O–H groups in total. The molecule has 1 heterocycles. The molecule has 0 bridgehead atoms. The van der Waals surface area contributed by atoms with Gasteiger partial charge in [-0.15, -0.1) is 0 Å². The molecule has 0 aromatic rings. The van der Waals surface area contributed by atoms with E-state index in [1.165, 1.54) is 7.05 Å². The van der Waals surface area contributed by atoms with Crippen molar-refractivity contribution < 1.29 is 9.59 Å². The zero-order valence-electron chi connectivity index (χ0n) is 4.72. The second kappa shape index (κ2) is 1.84. The zero-order valence-corrected chi connectivity index (χ0v) is 5.47. The normalized spacial score (nSPS) is 18.9. The van der Waals surface area contributed by atoms with E-state index in [-0.39, 0.29) is 10.9 Å². The number of halogens is 1. The van der Waals surface area contributed by atoms with E-state index in [0.29, 0.717) is 0 Å². The van der Waals surface area contributed by atoms with Crippen molar-refractivity contribution in [3.8, 4) is 0 Å². The predicted octanol–water partition coefficient (Wildman–Crippen LogP) is 0.108. The van der Waals surface area contributed by atoms with Gasteiger partial charge in [-0.2, -0.15) is 0 Å². The summed E-state index contributed by atoms with van der Waals surface area (Å²) in [5, 5.41) is -0.0116. The van der Waals surface area contributed by atoms with E-state index in [2.05, 4.69) is 0 Å². The number of carbonyl (C=O) groups excluding carboxylic acids is 2. The quantitative estimate of drug-likeness (QED) is 0.454. The minimum absolute atomic E-state index is 0.0116. The Kier molecular flexibility index (Phi) is 1.29. The van der Waals surface area contributed by atoms with Crippen LogP contribution in [0, 0.1) is 0 Å². The Balaban J connectivity index is 2.95. The molecular formula is C5H4ClNO2. The third kappa shape index (κ3) is 0.833. The van der Waals surface area contributed by atoms with Gasteiger partial charge < -0.3 is 0 Å². The molecule has 2 amide bonds. The van der Waals surface area contributed by atoms with Gasteiger partial charge in [0.1, 0.15) is 5.03 Å². The van der Waals surface area contributed by atoms with Gasteiger partial charge in [-0.25, -0.2) is 0 Å². The number of nitrogens with zero attached hydrogens (tertiary/aromatic N) is 1. The van der Waals surface area contributed by atoms with Crippen LogP contribution in [0.5, 0.6) is 0 Å². The predicted molar refractivity (Wildman–Crippen MR) is 31.7 cm³/mol. The number of hydrogen-bond donors (Lipinski definition) is 0. The summed E-state index contributed by atoms with van der Waals surface area (Å²) in [5.41, 5.74) is 0. The Morgan fingerprint density at radius 2 is 2.11 bits per heavy atom. The van der Waals surface area contributed by atoms with Crippen LogP contribution in [0.3, 0.4) is 0 Å². The van der Waals surface area contributed by atoms with Gasteiger partial charge >= 0.3 is 0 Å². The van der Waals surface area contributed by atoms with Crippen molar-refractivity contribution in [2.45, 2.75) is 0 Å². The van der Waals surface area contributed by atoms with E-state index in [1.54, 1.807) is 0 Å². The lowest BCUT2D eigenvalue weighted by molar-refractivity contribution is -0.135. The van der Waals surface area contributed by atoms with E-state index < -0.39 is 5.91 Å². The summed E-state index contributed by atoms with van der Waals surface area (Å²) < 4.78 is 0. The van der Waals surface area contributed by atoms with Crippen LogP contribution in [-0.2, 0) is 9.59 Å². The lowest BCUT2D eigenvalue weighted by atomic mass is 10.6. The van der Waals surface area contributed by atoms with Crippen LogP contribution in [0.4, 0.5) is 0 Å². The molecule has 0 radical (unpaired) electrons. The van der Waals surface area contributed by atoms with Crippen molar-refractivity contribution in [2.75, 3.05) is 7.05 Å². The van der Waals surface area contributed by atoms with E-state index >= 15 is 0 Å². The minimum atomic E-state index is -0.429. The molecule has 3 nitrogen and oxygen atoms in total. The van der Waals surface area contributed by atoms with Gasteiger partial charge in [-0.05, 0) is 0 Å². The van der Waals surface area contributed by atoms with Crippen molar-refractivity contribution in [2.24, 2.45) is 0 Å². The molecule has 0 aromatic carbocycles. The Labute approximate surface area is 56.9 Å². The number of hydrogen-bond acceptors (Lipinski definition) is 2. The van der Waals surface area contributed by atoms with Gasteiger partial charge in [0.15, 0.2) is 0 Å². The number of carbonyl (C=O) groups is 2. The standard InChI is InChI=1S/C5H4ClNO2/c1-7-4(8)2-3(6)5(7)9/h2H,1H3. The fraction of sp³-hybridized carbons (Fsp3) is 0.200. The highest BCUT2D eigenvalue weighted by Crippen LogP contribution is 2.13. The number of imide groups is 1. The summed E-state index contributed by atoms with van der Waals surface area (Å²) in [4.78, 5) is 22.1. The van der Waals surface area contributed by atoms with E-state index in [9.17, 15) is 9.59 Å². The largest absolute Gasteiger partial charge is 0.277 e. The molecule has 1 rings (SSSR count). The Bertz CT molecular complexity index is 209. The highest BCUT2D eigenvalue weighted by atomic mass is 35.5. The third-order valence-electron chi connectivity index (χ3n) is 1.09. The van der Waals surface area contributed by atoms with Crippen molar-refractivity contribution >= 4 is 23.4 Å². The highest BCUT2D eigenvalue weighted by Gasteiger charge is 2.25. The second-order valence-corrected chi connectivity index (χ2v) is 2.10. The SMILES string of the molecule is CN1C(=O)C=C(Cl)C1=O. The lowest BCUT2D eigenvalue weighted by Crippen LogP contribution is -2.25. The monoisotopic (exact) mass is 145 g/mol. The van der Waals surface area contributed by atoms with Crippen LogP contribution < -0.4 is 0 Å². The number of likely N-dealkylation sites (N-methyl/N-ethyl adjacent to an activating group) is 1. The first-order valence-electron chi connectivity index (χ1n) is 2.32. The maximum atomic E-state index is 10.6. The van der Waals surface area contributed by atoms with Gasteiger partial charge in [-0.3, -0.25) is 14.5 Å². The van der Waals surface area contributed by atoms with E-state index in [1.807, 2.05) is 0 Å². The van der Waals surface area contributed by atoms with E-state index in [0.717, 1.165) is 11.0 Å². The molecular weight excluding hydrogens is 142 g/mol. The Hall–Kier alpha value is -0.830. The lowest BCUT2D eigenvalue weighted by Gasteiger charge is -2.02. The van der Waals surface area contributed by atoms with Crippen molar-refractivity contribution in [3.05, 3.63) is 11.1 Å². The van der Waals surface area contributed by atoms with Crippen LogP contribution in [0.25, 0.3) is 0 Å². The molecule has 0 saturated heterocycles. The van der Waals surface area contributed by atoms with Crippen LogP contribution >= 0.6 is 11.6 Å². The maximum absolute atomic E-state index is 10.6. The molecule has 0 aliphatic carbocycles. The summed E-state index contributed by atoms with van der Waals surface area (Å²) in [6.07, 6.45) is 1.10. The Morgan fingerprint density at radius 1 is 1.56 bits per heavy atom. The van der Waals surface area contributed by atoms with Gasteiger partial charge in [0.25, 0.3) is 11.8 Å². The molecule has 1 aliphatic rings. The Morgan fingerprint density at radius 3 is 2.22 bits per heavy atom. The summed E-state index contributed by atoms with van der Waals surface area (Å²) in [7, 11) is 1.39. The van der Waals surface area contributed by atoms with Gasteiger partial charge in [0.05, 0.1) is 0 Å². The number of amides is 2. The van der Waals surface area contributed by atoms with E-state index in [4.69, 9.17) is 11.6 Å². The van der Waals surface area contributed by atoms with Gasteiger partial charge in [-0.1, -0.05) is 11.6 Å². The van der Waals surface area contributed by atoms with Crippen LogP contribution in [0.15, 0.2) is 11.1 Å². The molecule has 0 atom stereocenters. The maximum Gasteiger partial charge on any atom is 0.272 e. The van der Waals surface area contributed by atoms with Crippen molar-refractivity contribution in [3.63, 3.8) is 0 Å². The van der Waals surface area contributed by atoms with Crippen LogP contribution in [0.2, 0.25) is 0 Å². The first-order valence-corrected chi connectivity index (χ1v) is 2.70. The molecule has 0 saturated carbocycles. The topological polar surface area (TPSA) is 37.4 Å². The average molecular weight is 146 g/mol. The smallest absolute Gasteiger partial charge is 0.272 e. The zero-order chi connectivity index (χ0) is 7.02. The van der Waals surface area contributed by atoms with Gasteiger partial charge in [0, 0.05) is 13.1 Å². The molecule has 0 unspecified atom stereocenters. The summed E-state index contributed by atoms with van der Waals surface area (Å²) in [5.74, 6) is -0.785. The molecule has 1 aliphatic heterocycles. The molecule has 0 aromatic heterocycles. The molecule has 48 valence electrons. The van der Waals surface area contributed by atoms with Gasteiger partial charge in [0.2, 0.25) is 0 Å². The third-order valence-corrected chi connectivity index (χ3v) is 1.36. The molecule has 0 fully saturated rings. The summed E-state index contributed by atoms with van der Waals surface area (Å²) in [6, 6.07) is 0. The highest BCUT2D eigenvalue weighted by molar-refractivity contribution is 6.46. The number of rotatable bonds is 0. The van der Waals surface area contributed by atoms with Crippen LogP contribution in [-0.4, -0.2) is 23.8 Å². The van der Waals surface area contributed by atoms with Crippen molar-refractivity contribution in [1.29, 1.82) is 0 Å². The molecule has 4 heteroatoms. The molecule has 0 spiro atoms. The fourth-order valence-corrected chi connectivity index (χ4v) is 0.747. The van der Waals surface area contributed by atoms with Crippen LogP contribution in [0.1, 0.15) is 0 Å². The summed E-state index contributed by atoms with van der Waals surface area (Å²) >= 11 is 5.30. The fourth-order valence-electron chi connectivity index (χ4n) is 0.527. The minimum Gasteiger partial charge on any atom is -0.277 e. The second-order valence-electron chi connectivity index (χ2n) is 1.69. The summed E-state index contributed by atoms with van der Waals surface area (Å²) in [6.45, 7) is 0. The average Bonchev–Trinajstić information content (AvgIpc) is 1.98. The molecule has 9 heavy (non-hydrogen) atoms. The first-order chi connectivity index (χ1) is 4.13. The first kappa shape index (κ1) is 6.29.